The van der Waals surface area contributed by atoms with Gasteiger partial charge in [0.15, 0.2) is 0 Å². The van der Waals surface area contributed by atoms with E-state index in [1.165, 1.54) is 5.56 Å². The second-order valence-electron chi connectivity index (χ2n) is 4.41. The summed E-state index contributed by atoms with van der Waals surface area (Å²) in [5.41, 5.74) is 3.38. The van der Waals surface area contributed by atoms with Gasteiger partial charge in [-0.1, -0.05) is 62.9 Å². The Bertz CT molecular complexity index is 599. The van der Waals surface area contributed by atoms with Gasteiger partial charge in [0.2, 0.25) is 0 Å². The van der Waals surface area contributed by atoms with Crippen LogP contribution in [0.4, 0.5) is 0 Å². The lowest BCUT2D eigenvalue weighted by molar-refractivity contribution is 0.688. The molecule has 0 bridgehead atoms. The third-order valence-electron chi connectivity index (χ3n) is 3.02. The molecule has 4 heteroatoms. The van der Waals surface area contributed by atoms with Crippen molar-refractivity contribution in [2.45, 2.75) is 13.0 Å². The number of benzene rings is 2. The van der Waals surface area contributed by atoms with Crippen LogP contribution in [0.25, 0.3) is 0 Å². The van der Waals surface area contributed by atoms with Gasteiger partial charge in [-0.05, 0) is 43.3 Å². The third kappa shape index (κ3) is 3.32. The highest BCUT2D eigenvalue weighted by molar-refractivity contribution is 9.10. The maximum Gasteiger partial charge on any atom is 0.0600 e. The lowest BCUT2D eigenvalue weighted by Gasteiger charge is -2.20. The van der Waals surface area contributed by atoms with Crippen LogP contribution in [-0.2, 0) is 0 Å². The van der Waals surface area contributed by atoms with E-state index >= 15 is 0 Å². The van der Waals surface area contributed by atoms with Crippen LogP contribution < -0.4 is 5.32 Å². The maximum absolute atomic E-state index is 6.31. The first-order valence-electron chi connectivity index (χ1n) is 5.91. The van der Waals surface area contributed by atoms with Crippen molar-refractivity contribution in [3.8, 4) is 0 Å². The lowest BCUT2D eigenvalue weighted by atomic mass is 9.97. The molecule has 0 fully saturated rings. The lowest BCUT2D eigenvalue weighted by Crippen LogP contribution is -2.18. The Labute approximate surface area is 132 Å². The SMILES string of the molecule is CNC(c1ccc(Cl)cc1Cl)c1cc(C)ccc1Br. The molecule has 1 nitrogen and oxygen atoms in total. The smallest absolute Gasteiger partial charge is 0.0600 e. The van der Waals surface area contributed by atoms with Crippen LogP contribution in [0.3, 0.4) is 0 Å². The van der Waals surface area contributed by atoms with Gasteiger partial charge in [-0.3, -0.25) is 0 Å². The summed E-state index contributed by atoms with van der Waals surface area (Å²) < 4.78 is 1.06. The highest BCUT2D eigenvalue weighted by Gasteiger charge is 2.18. The van der Waals surface area contributed by atoms with Crippen molar-refractivity contribution in [1.82, 2.24) is 5.32 Å². The minimum atomic E-state index is 0.0269. The van der Waals surface area contributed by atoms with Crippen LogP contribution in [0.1, 0.15) is 22.7 Å². The fraction of sp³-hybridized carbons (Fsp3) is 0.200. The van der Waals surface area contributed by atoms with Crippen molar-refractivity contribution in [3.63, 3.8) is 0 Å². The molecule has 0 saturated heterocycles. The molecule has 1 N–H and O–H groups in total. The Morgan fingerprint density at radius 2 is 1.79 bits per heavy atom. The molecular weight excluding hydrogens is 345 g/mol. The van der Waals surface area contributed by atoms with Crippen molar-refractivity contribution in [1.29, 1.82) is 0 Å². The first-order chi connectivity index (χ1) is 9.02. The zero-order valence-electron chi connectivity index (χ0n) is 10.7. The van der Waals surface area contributed by atoms with Crippen LogP contribution in [0.5, 0.6) is 0 Å². The Hall–Kier alpha value is -0.540. The summed E-state index contributed by atoms with van der Waals surface area (Å²) in [7, 11) is 1.92. The van der Waals surface area contributed by atoms with E-state index in [0.717, 1.165) is 15.6 Å². The van der Waals surface area contributed by atoms with Gasteiger partial charge in [0.1, 0.15) is 0 Å². The van der Waals surface area contributed by atoms with Gasteiger partial charge in [0.25, 0.3) is 0 Å². The molecule has 0 radical (unpaired) electrons. The van der Waals surface area contributed by atoms with Crippen molar-refractivity contribution in [2.24, 2.45) is 0 Å². The summed E-state index contributed by atoms with van der Waals surface area (Å²) in [6, 6.07) is 11.9. The van der Waals surface area contributed by atoms with E-state index < -0.39 is 0 Å². The number of hydrogen-bond donors (Lipinski definition) is 1. The molecule has 1 unspecified atom stereocenters. The molecule has 0 saturated carbocycles. The molecule has 2 rings (SSSR count). The number of hydrogen-bond acceptors (Lipinski definition) is 1. The Morgan fingerprint density at radius 3 is 2.42 bits per heavy atom. The standard InChI is InChI=1S/C15H14BrCl2N/c1-9-3-6-13(16)12(7-9)15(19-2)11-5-4-10(17)8-14(11)18/h3-8,15,19H,1-2H3. The van der Waals surface area contributed by atoms with E-state index in [4.69, 9.17) is 23.2 Å². The number of aryl methyl sites for hydroxylation is 1. The van der Waals surface area contributed by atoms with Gasteiger partial charge in [0.05, 0.1) is 6.04 Å². The molecule has 0 aliphatic heterocycles. The largest absolute Gasteiger partial charge is 0.309 e. The minimum Gasteiger partial charge on any atom is -0.309 e. The van der Waals surface area contributed by atoms with Gasteiger partial charge in [0, 0.05) is 14.5 Å². The van der Waals surface area contributed by atoms with Crippen LogP contribution in [0.15, 0.2) is 40.9 Å². The molecule has 0 spiro atoms. The molecule has 0 heterocycles. The van der Waals surface area contributed by atoms with Gasteiger partial charge in [-0.25, -0.2) is 0 Å². The molecule has 19 heavy (non-hydrogen) atoms. The highest BCUT2D eigenvalue weighted by atomic mass is 79.9. The van der Waals surface area contributed by atoms with Crippen molar-refractivity contribution in [3.05, 3.63) is 67.6 Å². The minimum absolute atomic E-state index is 0.0269. The molecule has 0 aromatic heterocycles. The molecule has 1 atom stereocenters. The van der Waals surface area contributed by atoms with Crippen LogP contribution >= 0.6 is 39.1 Å². The van der Waals surface area contributed by atoms with Crippen molar-refractivity contribution < 1.29 is 0 Å². The van der Waals surface area contributed by atoms with Gasteiger partial charge in [-0.15, -0.1) is 0 Å². The van der Waals surface area contributed by atoms with E-state index in [1.807, 2.05) is 19.2 Å². The Morgan fingerprint density at radius 1 is 1.05 bits per heavy atom. The van der Waals surface area contributed by atoms with Crippen molar-refractivity contribution in [2.75, 3.05) is 7.05 Å². The average Bonchev–Trinajstić information content (AvgIpc) is 2.36. The van der Waals surface area contributed by atoms with Crippen molar-refractivity contribution >= 4 is 39.1 Å². The second kappa shape index (κ2) is 6.27. The van der Waals surface area contributed by atoms with E-state index in [-0.39, 0.29) is 6.04 Å². The summed E-state index contributed by atoms with van der Waals surface area (Å²) in [5.74, 6) is 0. The summed E-state index contributed by atoms with van der Waals surface area (Å²) in [5, 5.41) is 4.62. The molecule has 0 aliphatic rings. The van der Waals surface area contributed by atoms with E-state index in [0.29, 0.717) is 10.0 Å². The fourth-order valence-electron chi connectivity index (χ4n) is 2.10. The molecule has 0 amide bonds. The van der Waals surface area contributed by atoms with E-state index in [1.54, 1.807) is 6.07 Å². The summed E-state index contributed by atoms with van der Waals surface area (Å²) in [6.45, 7) is 2.08. The summed E-state index contributed by atoms with van der Waals surface area (Å²) >= 11 is 15.9. The maximum atomic E-state index is 6.31. The summed E-state index contributed by atoms with van der Waals surface area (Å²) in [6.07, 6.45) is 0. The first-order valence-corrected chi connectivity index (χ1v) is 7.46. The topological polar surface area (TPSA) is 12.0 Å². The normalized spacial score (nSPS) is 12.5. The van der Waals surface area contributed by atoms with Crippen LogP contribution in [0.2, 0.25) is 10.0 Å². The predicted molar refractivity (Wildman–Crippen MR) is 86.2 cm³/mol. The monoisotopic (exact) mass is 357 g/mol. The van der Waals surface area contributed by atoms with E-state index in [9.17, 15) is 0 Å². The van der Waals surface area contributed by atoms with Gasteiger partial charge < -0.3 is 5.32 Å². The zero-order chi connectivity index (χ0) is 14.0. The van der Waals surface area contributed by atoms with E-state index in [2.05, 4.69) is 46.4 Å². The molecular formula is C15H14BrCl2N. The van der Waals surface area contributed by atoms with Gasteiger partial charge in [-0.2, -0.15) is 0 Å². The van der Waals surface area contributed by atoms with Crippen LogP contribution in [-0.4, -0.2) is 7.05 Å². The Kier molecular flexibility index (Phi) is 4.91. The number of nitrogens with one attached hydrogen (secondary N) is 1. The first kappa shape index (κ1) is 14.9. The van der Waals surface area contributed by atoms with Crippen LogP contribution in [0, 0.1) is 6.92 Å². The second-order valence-corrected chi connectivity index (χ2v) is 6.11. The Balaban J connectivity index is 2.52. The molecule has 2 aromatic rings. The van der Waals surface area contributed by atoms with Gasteiger partial charge >= 0.3 is 0 Å². The number of rotatable bonds is 3. The average molecular weight is 359 g/mol. The molecule has 0 aliphatic carbocycles. The fourth-order valence-corrected chi connectivity index (χ4v) is 3.09. The molecule has 2 aromatic carbocycles. The molecule has 100 valence electrons. The number of halogens is 3. The quantitative estimate of drug-likeness (QED) is 0.777. The third-order valence-corrected chi connectivity index (χ3v) is 4.31. The predicted octanol–water partition coefficient (Wildman–Crippen LogP) is 5.37. The zero-order valence-corrected chi connectivity index (χ0v) is 13.8. The summed E-state index contributed by atoms with van der Waals surface area (Å²) in [4.78, 5) is 0. The highest BCUT2D eigenvalue weighted by Crippen LogP contribution is 2.34.